The maximum atomic E-state index is 12.3. The lowest BCUT2D eigenvalue weighted by molar-refractivity contribution is -0.131. The van der Waals surface area contributed by atoms with Gasteiger partial charge in [-0.2, -0.15) is 0 Å². The number of hydrogen-bond acceptors (Lipinski definition) is 1. The van der Waals surface area contributed by atoms with Crippen LogP contribution < -0.4 is 0 Å². The van der Waals surface area contributed by atoms with Gasteiger partial charge < -0.3 is 4.90 Å². The van der Waals surface area contributed by atoms with Crippen molar-refractivity contribution in [3.05, 3.63) is 35.9 Å². The summed E-state index contributed by atoms with van der Waals surface area (Å²) in [6, 6.07) is 10.2. The normalized spacial score (nSPS) is 10.5. The van der Waals surface area contributed by atoms with E-state index in [1.165, 1.54) is 31.2 Å². The third kappa shape index (κ3) is 7.09. The Morgan fingerprint density at radius 3 is 2.45 bits per heavy atom. The van der Waals surface area contributed by atoms with Crippen molar-refractivity contribution in [2.45, 2.75) is 52.0 Å². The molecule has 1 aromatic rings. The van der Waals surface area contributed by atoms with E-state index in [0.717, 1.165) is 24.8 Å². The number of amides is 1. The fourth-order valence-corrected chi connectivity index (χ4v) is 2.66. The molecule has 0 fully saturated rings. The number of halogens is 1. The minimum Gasteiger partial charge on any atom is -0.338 e. The molecule has 0 unspecified atom stereocenters. The second-order valence-corrected chi connectivity index (χ2v) is 5.95. The molecule has 0 spiro atoms. The van der Waals surface area contributed by atoms with E-state index in [1.54, 1.807) is 0 Å². The van der Waals surface area contributed by atoms with Gasteiger partial charge in [-0.15, -0.1) is 0 Å². The Bertz CT molecular complexity index is 367. The number of hydrogen-bond donors (Lipinski definition) is 0. The summed E-state index contributed by atoms with van der Waals surface area (Å²) < 4.78 is 0. The Kier molecular flexibility index (Phi) is 9.38. The molecule has 0 saturated carbocycles. The van der Waals surface area contributed by atoms with Crippen molar-refractivity contribution in [1.29, 1.82) is 0 Å². The summed E-state index contributed by atoms with van der Waals surface area (Å²) in [5.74, 6) is 0.282. The van der Waals surface area contributed by atoms with E-state index >= 15 is 0 Å². The lowest BCUT2D eigenvalue weighted by Gasteiger charge is -2.22. The average molecular weight is 340 g/mol. The number of carbonyl (C=O) groups is 1. The first-order chi connectivity index (χ1) is 9.77. The summed E-state index contributed by atoms with van der Waals surface area (Å²) >= 11 is 3.44. The molecule has 1 aromatic carbocycles. The van der Waals surface area contributed by atoms with Crippen LogP contribution in [0.2, 0.25) is 0 Å². The largest absolute Gasteiger partial charge is 0.338 e. The topological polar surface area (TPSA) is 20.3 Å². The van der Waals surface area contributed by atoms with E-state index in [0.29, 0.717) is 6.42 Å². The molecule has 0 N–H and O–H groups in total. The van der Waals surface area contributed by atoms with Gasteiger partial charge in [0.2, 0.25) is 5.91 Å². The van der Waals surface area contributed by atoms with Gasteiger partial charge >= 0.3 is 0 Å². The van der Waals surface area contributed by atoms with Crippen LogP contribution in [0, 0.1) is 0 Å². The van der Waals surface area contributed by atoms with Gasteiger partial charge in [0.15, 0.2) is 0 Å². The molecule has 0 aromatic heterocycles. The van der Waals surface area contributed by atoms with Crippen LogP contribution in [-0.4, -0.2) is 22.7 Å². The summed E-state index contributed by atoms with van der Waals surface area (Å²) in [7, 11) is 0. The SMILES string of the molecule is CCCCCCCC(=O)N(CCBr)Cc1ccccc1. The molecule has 0 aliphatic rings. The van der Waals surface area contributed by atoms with Crippen molar-refractivity contribution in [2.24, 2.45) is 0 Å². The van der Waals surface area contributed by atoms with Gasteiger partial charge in [0.05, 0.1) is 0 Å². The lowest BCUT2D eigenvalue weighted by Crippen LogP contribution is -2.32. The quantitative estimate of drug-likeness (QED) is 0.444. The zero-order valence-electron chi connectivity index (χ0n) is 12.5. The highest BCUT2D eigenvalue weighted by Gasteiger charge is 2.12. The molecule has 112 valence electrons. The molecule has 0 heterocycles. The molecular formula is C17H26BrNO. The minimum absolute atomic E-state index is 0.282. The summed E-state index contributed by atoms with van der Waals surface area (Å²) in [4.78, 5) is 14.2. The van der Waals surface area contributed by atoms with E-state index in [-0.39, 0.29) is 5.91 Å². The van der Waals surface area contributed by atoms with Crippen molar-refractivity contribution < 1.29 is 4.79 Å². The molecule has 1 rings (SSSR count). The number of nitrogens with zero attached hydrogens (tertiary/aromatic N) is 1. The zero-order valence-corrected chi connectivity index (χ0v) is 14.1. The van der Waals surface area contributed by atoms with Crippen LogP contribution in [0.25, 0.3) is 0 Å². The zero-order chi connectivity index (χ0) is 14.6. The van der Waals surface area contributed by atoms with Gasteiger partial charge in [0, 0.05) is 24.8 Å². The molecule has 3 heteroatoms. The molecule has 20 heavy (non-hydrogen) atoms. The maximum absolute atomic E-state index is 12.3. The first-order valence-electron chi connectivity index (χ1n) is 7.65. The van der Waals surface area contributed by atoms with Crippen LogP contribution in [0.4, 0.5) is 0 Å². The van der Waals surface area contributed by atoms with E-state index in [1.807, 2.05) is 23.1 Å². The first kappa shape index (κ1) is 17.2. The van der Waals surface area contributed by atoms with Crippen molar-refractivity contribution in [1.82, 2.24) is 4.90 Å². The Labute approximate surface area is 131 Å². The maximum Gasteiger partial charge on any atom is 0.222 e. The second-order valence-electron chi connectivity index (χ2n) is 5.15. The molecule has 0 saturated heterocycles. The summed E-state index contributed by atoms with van der Waals surface area (Å²) in [5.41, 5.74) is 1.20. The predicted molar refractivity (Wildman–Crippen MR) is 89.0 cm³/mol. The molecular weight excluding hydrogens is 314 g/mol. The molecule has 2 nitrogen and oxygen atoms in total. The Hall–Kier alpha value is -0.830. The minimum atomic E-state index is 0.282. The van der Waals surface area contributed by atoms with Crippen LogP contribution in [0.1, 0.15) is 51.0 Å². The van der Waals surface area contributed by atoms with Gasteiger partial charge in [-0.1, -0.05) is 78.9 Å². The van der Waals surface area contributed by atoms with E-state index in [4.69, 9.17) is 0 Å². The number of unbranched alkanes of at least 4 members (excludes halogenated alkanes) is 4. The fourth-order valence-electron chi connectivity index (χ4n) is 2.24. The van der Waals surface area contributed by atoms with Crippen molar-refractivity contribution >= 4 is 21.8 Å². The van der Waals surface area contributed by atoms with Gasteiger partial charge in [-0.05, 0) is 12.0 Å². The first-order valence-corrected chi connectivity index (χ1v) is 8.77. The number of carbonyl (C=O) groups excluding carboxylic acids is 1. The Balaban J connectivity index is 2.38. The van der Waals surface area contributed by atoms with E-state index in [9.17, 15) is 4.79 Å². The number of rotatable bonds is 10. The smallest absolute Gasteiger partial charge is 0.222 e. The highest BCUT2D eigenvalue weighted by atomic mass is 79.9. The number of alkyl halides is 1. The highest BCUT2D eigenvalue weighted by molar-refractivity contribution is 9.09. The monoisotopic (exact) mass is 339 g/mol. The standard InChI is InChI=1S/C17H26BrNO/c1-2-3-4-5-9-12-17(20)19(14-13-18)15-16-10-7-6-8-11-16/h6-8,10-11H,2-5,9,12-15H2,1H3. The van der Waals surface area contributed by atoms with Crippen molar-refractivity contribution in [3.63, 3.8) is 0 Å². The third-order valence-electron chi connectivity index (χ3n) is 3.42. The van der Waals surface area contributed by atoms with Gasteiger partial charge in [-0.3, -0.25) is 4.79 Å². The molecule has 1 amide bonds. The van der Waals surface area contributed by atoms with Gasteiger partial charge in [0.25, 0.3) is 0 Å². The second kappa shape index (κ2) is 10.9. The Morgan fingerprint density at radius 2 is 1.80 bits per heavy atom. The van der Waals surface area contributed by atoms with Crippen LogP contribution in [0.5, 0.6) is 0 Å². The highest BCUT2D eigenvalue weighted by Crippen LogP contribution is 2.10. The summed E-state index contributed by atoms with van der Waals surface area (Å²) in [5, 5.41) is 0.835. The summed E-state index contributed by atoms with van der Waals surface area (Å²) in [6.07, 6.45) is 6.66. The van der Waals surface area contributed by atoms with Crippen molar-refractivity contribution in [2.75, 3.05) is 11.9 Å². The van der Waals surface area contributed by atoms with Crippen LogP contribution in [0.15, 0.2) is 30.3 Å². The van der Waals surface area contributed by atoms with Crippen LogP contribution >= 0.6 is 15.9 Å². The molecule has 0 bridgehead atoms. The Morgan fingerprint density at radius 1 is 1.10 bits per heavy atom. The van der Waals surface area contributed by atoms with Crippen LogP contribution in [0.3, 0.4) is 0 Å². The predicted octanol–water partition coefficient (Wildman–Crippen LogP) is 4.77. The number of benzene rings is 1. The van der Waals surface area contributed by atoms with Gasteiger partial charge in [0.1, 0.15) is 0 Å². The van der Waals surface area contributed by atoms with Crippen molar-refractivity contribution in [3.8, 4) is 0 Å². The average Bonchev–Trinajstić information content (AvgIpc) is 2.47. The lowest BCUT2D eigenvalue weighted by atomic mass is 10.1. The molecule has 0 aliphatic heterocycles. The fraction of sp³-hybridized carbons (Fsp3) is 0.588. The molecule has 0 atom stereocenters. The third-order valence-corrected chi connectivity index (χ3v) is 3.77. The molecule has 0 radical (unpaired) electrons. The van der Waals surface area contributed by atoms with E-state index in [2.05, 4.69) is 35.0 Å². The van der Waals surface area contributed by atoms with Gasteiger partial charge in [-0.25, -0.2) is 0 Å². The summed E-state index contributed by atoms with van der Waals surface area (Å²) in [6.45, 7) is 3.71. The van der Waals surface area contributed by atoms with E-state index < -0.39 is 0 Å². The van der Waals surface area contributed by atoms with Crippen LogP contribution in [-0.2, 0) is 11.3 Å². The molecule has 0 aliphatic carbocycles.